The van der Waals surface area contributed by atoms with Gasteiger partial charge in [-0.1, -0.05) is 6.07 Å². The van der Waals surface area contributed by atoms with Gasteiger partial charge < -0.3 is 25.5 Å². The summed E-state index contributed by atoms with van der Waals surface area (Å²) in [6.07, 6.45) is -1.47. The molecule has 10 nitrogen and oxygen atoms in total. The number of ether oxygens (including phenoxy) is 1. The molecule has 242 valence electrons. The maximum Gasteiger partial charge on any atom is 0.408 e. The highest BCUT2D eigenvalue weighted by Gasteiger charge is 2.50. The number of carbonyl (C=O) groups excluding carboxylic acids is 4. The zero-order valence-electron chi connectivity index (χ0n) is 25.4. The summed E-state index contributed by atoms with van der Waals surface area (Å²) in [4.78, 5) is 51.1. The van der Waals surface area contributed by atoms with Crippen LogP contribution >= 0.6 is 0 Å². The summed E-state index contributed by atoms with van der Waals surface area (Å²) in [5.41, 5.74) is -3.50. The van der Waals surface area contributed by atoms with Gasteiger partial charge in [-0.15, -0.1) is 0 Å². The summed E-state index contributed by atoms with van der Waals surface area (Å²) >= 11 is 0. The molecule has 2 fully saturated rings. The van der Waals surface area contributed by atoms with Crippen LogP contribution in [0.5, 0.6) is 0 Å². The number of hydrogen-bond acceptors (Lipinski definition) is 6. The molecule has 0 bridgehead atoms. The van der Waals surface area contributed by atoms with Crippen molar-refractivity contribution in [3.8, 4) is 0 Å². The number of alkyl carbamates (subject to hydrolysis) is 1. The van der Waals surface area contributed by atoms with Crippen molar-refractivity contribution in [3.63, 3.8) is 0 Å². The number of hydrogen-bond donors (Lipinski definition) is 3. The molecule has 2 radical (unpaired) electrons. The number of benzene rings is 1. The summed E-state index contributed by atoms with van der Waals surface area (Å²) < 4.78 is 64.6. The van der Waals surface area contributed by atoms with Gasteiger partial charge in [-0.3, -0.25) is 14.3 Å². The Kier molecular flexibility index (Phi) is 9.98. The third-order valence-corrected chi connectivity index (χ3v) is 7.81. The third-order valence-electron chi connectivity index (χ3n) is 7.81. The van der Waals surface area contributed by atoms with Gasteiger partial charge in [0.1, 0.15) is 29.1 Å². The monoisotopic (exact) mass is 633 g/mol. The predicted octanol–water partition coefficient (Wildman–Crippen LogP) is 4.45. The second kappa shape index (κ2) is 13.2. The van der Waals surface area contributed by atoms with Gasteiger partial charge in [-0.25, -0.2) is 9.18 Å². The van der Waals surface area contributed by atoms with Crippen molar-refractivity contribution in [2.24, 2.45) is 17.8 Å². The maximum atomic E-state index is 15.4. The van der Waals surface area contributed by atoms with E-state index in [9.17, 15) is 32.3 Å². The minimum atomic E-state index is -5.14. The van der Waals surface area contributed by atoms with Crippen molar-refractivity contribution in [1.82, 2.24) is 20.4 Å². The summed E-state index contributed by atoms with van der Waals surface area (Å²) in [7, 11) is 5.23. The number of amides is 3. The molecule has 3 N–H and O–H groups in total. The number of aryl methyl sites for hydroxylation is 1. The average Bonchev–Trinajstić information content (AvgIpc) is 3.86. The molecule has 2 saturated carbocycles. The molecular weight excluding hydrogens is 597 g/mol. The van der Waals surface area contributed by atoms with Gasteiger partial charge in [0.25, 0.3) is 5.91 Å². The van der Waals surface area contributed by atoms with Crippen LogP contribution in [-0.4, -0.2) is 65.1 Å². The van der Waals surface area contributed by atoms with Crippen LogP contribution in [-0.2, 0) is 20.9 Å². The summed E-state index contributed by atoms with van der Waals surface area (Å²) in [6, 6.07) is 0.499. The molecule has 4 rings (SSSR count). The van der Waals surface area contributed by atoms with E-state index in [4.69, 9.17) is 12.6 Å². The molecule has 15 heteroatoms. The second-order valence-electron chi connectivity index (χ2n) is 12.5. The zero-order valence-corrected chi connectivity index (χ0v) is 25.4. The Morgan fingerprint density at radius 1 is 1.02 bits per heavy atom. The quantitative estimate of drug-likeness (QED) is 0.234. The maximum absolute atomic E-state index is 15.4. The number of nitrogens with zero attached hydrogens (tertiary/aromatic N) is 2. The highest BCUT2D eigenvalue weighted by Crippen LogP contribution is 2.51. The molecule has 2 aliphatic carbocycles. The lowest BCUT2D eigenvalue weighted by molar-refractivity contribution is -0.160. The van der Waals surface area contributed by atoms with E-state index >= 15 is 4.39 Å². The number of aromatic nitrogens is 2. The lowest BCUT2D eigenvalue weighted by atomic mass is 9.81. The fraction of sp³-hybridized carbons (Fsp3) is 0.567. The third kappa shape index (κ3) is 8.63. The van der Waals surface area contributed by atoms with Crippen LogP contribution in [0.2, 0.25) is 0 Å². The first-order chi connectivity index (χ1) is 21.0. The number of alkyl halides is 3. The van der Waals surface area contributed by atoms with Crippen molar-refractivity contribution in [3.05, 3.63) is 47.5 Å². The highest BCUT2D eigenvalue weighted by molar-refractivity contribution is 6.59. The lowest BCUT2D eigenvalue weighted by Crippen LogP contribution is -2.51. The standard InChI is InChI=1S/C30H36BF4N5O5/c1-5-40-20(12-13-36-40)26(42)38-23(21(15-6-7-15)16-8-9-16)27(43)37-19-11-10-17(14-18(19)32)22(30(33,34)35)24(25(31)41)39-28(44)45-29(2,3)4/h10-16,21-24H,5-9H2,1-4H3,(H,37,43)(H,38,42)(H,39,44)/t22?,23-,24?/m0/s1. The van der Waals surface area contributed by atoms with Gasteiger partial charge >= 0.3 is 12.3 Å². The second-order valence-corrected chi connectivity index (χ2v) is 12.5. The van der Waals surface area contributed by atoms with Crippen molar-refractivity contribution in [1.29, 1.82) is 0 Å². The molecule has 3 atom stereocenters. The fourth-order valence-electron chi connectivity index (χ4n) is 5.58. The first-order valence-corrected chi connectivity index (χ1v) is 14.8. The van der Waals surface area contributed by atoms with Crippen LogP contribution in [0, 0.1) is 23.6 Å². The van der Waals surface area contributed by atoms with Crippen LogP contribution in [0.15, 0.2) is 30.5 Å². The summed E-state index contributed by atoms with van der Waals surface area (Å²) in [5, 5.41) is 11.2. The van der Waals surface area contributed by atoms with Crippen LogP contribution in [0.4, 0.5) is 28.0 Å². The molecule has 1 aromatic heterocycles. The Labute approximate surface area is 259 Å². The fourth-order valence-corrected chi connectivity index (χ4v) is 5.58. The minimum Gasteiger partial charge on any atom is -0.444 e. The van der Waals surface area contributed by atoms with E-state index in [0.29, 0.717) is 12.6 Å². The molecule has 0 aliphatic heterocycles. The predicted molar refractivity (Wildman–Crippen MR) is 156 cm³/mol. The Bertz CT molecular complexity index is 1420. The number of rotatable bonds is 12. The van der Waals surface area contributed by atoms with E-state index in [0.717, 1.165) is 37.8 Å². The van der Waals surface area contributed by atoms with Crippen LogP contribution in [0.1, 0.15) is 75.3 Å². The molecule has 45 heavy (non-hydrogen) atoms. The number of anilines is 1. The first kappa shape index (κ1) is 34.0. The summed E-state index contributed by atoms with van der Waals surface area (Å²) in [5.74, 6) is -4.99. The molecule has 1 heterocycles. The number of halogens is 4. The molecule has 1 aromatic carbocycles. The van der Waals surface area contributed by atoms with E-state index in [-0.39, 0.29) is 23.4 Å². The Hall–Kier alpha value is -3.91. The summed E-state index contributed by atoms with van der Waals surface area (Å²) in [6.45, 7) is 6.65. The van der Waals surface area contributed by atoms with Crippen molar-refractivity contribution in [2.45, 2.75) is 89.7 Å². The Balaban J connectivity index is 1.59. The molecule has 3 amide bonds. The highest BCUT2D eigenvalue weighted by atomic mass is 19.4. The molecule has 2 aliphatic rings. The average molecular weight is 633 g/mol. The van der Waals surface area contributed by atoms with E-state index in [1.165, 1.54) is 37.7 Å². The topological polar surface area (TPSA) is 131 Å². The minimum absolute atomic E-state index is 0.195. The van der Waals surface area contributed by atoms with Gasteiger partial charge in [0.2, 0.25) is 5.91 Å². The first-order valence-electron chi connectivity index (χ1n) is 14.8. The van der Waals surface area contributed by atoms with Gasteiger partial charge in [-0.05, 0) is 94.9 Å². The van der Waals surface area contributed by atoms with Crippen molar-refractivity contribution >= 4 is 37.1 Å². The van der Waals surface area contributed by atoms with E-state index in [1.54, 1.807) is 6.92 Å². The molecule has 2 aromatic rings. The lowest BCUT2D eigenvalue weighted by Gasteiger charge is -2.30. The number of carbonyl (C=O) groups is 4. The Morgan fingerprint density at radius 2 is 1.64 bits per heavy atom. The Morgan fingerprint density at radius 3 is 2.13 bits per heavy atom. The molecule has 0 spiro atoms. The van der Waals surface area contributed by atoms with Crippen LogP contribution in [0.3, 0.4) is 0 Å². The SMILES string of the molecule is [B]C(=O)C(NC(=O)OC(C)(C)C)C(c1ccc(NC(=O)[C@@H](NC(=O)c2ccnn2CC)C(C2CC2)C2CC2)c(F)c1)C(F)(F)F. The van der Waals surface area contributed by atoms with E-state index in [1.807, 2.05) is 5.32 Å². The van der Waals surface area contributed by atoms with Crippen LogP contribution < -0.4 is 16.0 Å². The van der Waals surface area contributed by atoms with Crippen molar-refractivity contribution < 1.29 is 41.5 Å². The molecule has 0 saturated heterocycles. The van der Waals surface area contributed by atoms with Crippen molar-refractivity contribution in [2.75, 3.05) is 5.32 Å². The van der Waals surface area contributed by atoms with E-state index in [2.05, 4.69) is 15.7 Å². The number of nitrogens with one attached hydrogen (secondary N) is 3. The largest absolute Gasteiger partial charge is 0.444 e. The smallest absolute Gasteiger partial charge is 0.408 e. The van der Waals surface area contributed by atoms with Gasteiger partial charge in [0.15, 0.2) is 7.85 Å². The van der Waals surface area contributed by atoms with Gasteiger partial charge in [0.05, 0.1) is 17.4 Å². The zero-order chi connectivity index (χ0) is 33.3. The van der Waals surface area contributed by atoms with E-state index < -0.39 is 70.4 Å². The normalized spacial score (nSPS) is 17.3. The molecule has 2 unspecified atom stereocenters. The van der Waals surface area contributed by atoms with Gasteiger partial charge in [-0.2, -0.15) is 18.3 Å². The van der Waals surface area contributed by atoms with Crippen LogP contribution in [0.25, 0.3) is 0 Å². The molecular formula is C30H36BF4N5O5. The van der Waals surface area contributed by atoms with Gasteiger partial charge in [0, 0.05) is 12.7 Å².